The summed E-state index contributed by atoms with van der Waals surface area (Å²) in [4.78, 5) is 2.48. The molecule has 0 saturated heterocycles. The van der Waals surface area contributed by atoms with E-state index in [0.29, 0.717) is 12.0 Å². The molecule has 1 rings (SSSR count). The molecule has 3 nitrogen and oxygen atoms in total. The molecule has 0 radical (unpaired) electrons. The maximum absolute atomic E-state index is 6.52. The topological polar surface area (TPSA) is 38.5 Å². The fourth-order valence-corrected chi connectivity index (χ4v) is 2.71. The number of nitrogens with zero attached hydrogens (tertiary/aromatic N) is 1. The highest BCUT2D eigenvalue weighted by Gasteiger charge is 2.24. The van der Waals surface area contributed by atoms with Gasteiger partial charge in [-0.1, -0.05) is 51.1 Å². The molecule has 20 heavy (non-hydrogen) atoms. The Balaban J connectivity index is 2.82. The molecular formula is C17H30N2O. The van der Waals surface area contributed by atoms with Gasteiger partial charge in [-0.3, -0.25) is 4.90 Å². The van der Waals surface area contributed by atoms with Crippen molar-refractivity contribution in [2.24, 2.45) is 11.7 Å². The van der Waals surface area contributed by atoms with Crippen molar-refractivity contribution in [1.29, 1.82) is 0 Å². The summed E-state index contributed by atoms with van der Waals surface area (Å²) in [5.74, 6) is 0.629. The average Bonchev–Trinajstić information content (AvgIpc) is 2.45. The molecule has 1 aromatic carbocycles. The lowest BCUT2D eigenvalue weighted by Crippen LogP contribution is -2.45. The van der Waals surface area contributed by atoms with E-state index in [9.17, 15) is 0 Å². The van der Waals surface area contributed by atoms with E-state index in [2.05, 4.69) is 49.9 Å². The Labute approximate surface area is 124 Å². The zero-order chi connectivity index (χ0) is 15.0. The average molecular weight is 278 g/mol. The molecule has 0 saturated carbocycles. The molecule has 2 atom stereocenters. The SMILES string of the molecule is CCC(C(N)c1ccccc1)N(CCOC)CC(C)C. The van der Waals surface area contributed by atoms with Gasteiger partial charge in [0.2, 0.25) is 0 Å². The highest BCUT2D eigenvalue weighted by molar-refractivity contribution is 5.20. The summed E-state index contributed by atoms with van der Waals surface area (Å²) in [5, 5.41) is 0. The Kier molecular flexibility index (Phi) is 7.82. The molecule has 0 aliphatic rings. The smallest absolute Gasteiger partial charge is 0.0589 e. The van der Waals surface area contributed by atoms with Crippen LogP contribution in [0.4, 0.5) is 0 Å². The van der Waals surface area contributed by atoms with Crippen LogP contribution in [-0.4, -0.2) is 37.7 Å². The van der Waals surface area contributed by atoms with Gasteiger partial charge in [0.25, 0.3) is 0 Å². The van der Waals surface area contributed by atoms with Crippen molar-refractivity contribution in [3.8, 4) is 0 Å². The first kappa shape index (κ1) is 17.2. The van der Waals surface area contributed by atoms with E-state index in [0.717, 1.165) is 26.1 Å². The molecule has 3 heteroatoms. The lowest BCUT2D eigenvalue weighted by atomic mass is 9.96. The van der Waals surface area contributed by atoms with Crippen molar-refractivity contribution in [1.82, 2.24) is 4.90 Å². The lowest BCUT2D eigenvalue weighted by molar-refractivity contribution is 0.0963. The van der Waals surface area contributed by atoms with Gasteiger partial charge in [0.1, 0.15) is 0 Å². The van der Waals surface area contributed by atoms with Gasteiger partial charge in [0.15, 0.2) is 0 Å². The second kappa shape index (κ2) is 9.11. The third kappa shape index (κ3) is 5.23. The number of hydrogen-bond acceptors (Lipinski definition) is 3. The molecule has 0 heterocycles. The van der Waals surface area contributed by atoms with E-state index >= 15 is 0 Å². The number of hydrogen-bond donors (Lipinski definition) is 1. The molecule has 1 aromatic rings. The molecule has 0 fully saturated rings. The van der Waals surface area contributed by atoms with Crippen molar-refractivity contribution >= 4 is 0 Å². The zero-order valence-electron chi connectivity index (χ0n) is 13.4. The summed E-state index contributed by atoms with van der Waals surface area (Å²) < 4.78 is 5.25. The summed E-state index contributed by atoms with van der Waals surface area (Å²) in [6, 6.07) is 10.8. The number of rotatable bonds is 9. The fourth-order valence-electron chi connectivity index (χ4n) is 2.71. The van der Waals surface area contributed by atoms with Crippen molar-refractivity contribution < 1.29 is 4.74 Å². The third-order valence-electron chi connectivity index (χ3n) is 3.67. The van der Waals surface area contributed by atoms with Crippen molar-refractivity contribution in [3.63, 3.8) is 0 Å². The van der Waals surface area contributed by atoms with Gasteiger partial charge in [-0.15, -0.1) is 0 Å². The highest BCUT2D eigenvalue weighted by atomic mass is 16.5. The number of benzene rings is 1. The van der Waals surface area contributed by atoms with E-state index in [-0.39, 0.29) is 6.04 Å². The van der Waals surface area contributed by atoms with Crippen molar-refractivity contribution in [3.05, 3.63) is 35.9 Å². The van der Waals surface area contributed by atoms with Crippen LogP contribution in [0.5, 0.6) is 0 Å². The maximum Gasteiger partial charge on any atom is 0.0589 e. The molecule has 0 amide bonds. The molecule has 0 aliphatic heterocycles. The zero-order valence-corrected chi connectivity index (χ0v) is 13.4. The monoisotopic (exact) mass is 278 g/mol. The van der Waals surface area contributed by atoms with Crippen molar-refractivity contribution in [2.75, 3.05) is 26.8 Å². The summed E-state index contributed by atoms with van der Waals surface area (Å²) in [6.45, 7) is 9.47. The van der Waals surface area contributed by atoms with Crippen LogP contribution in [0, 0.1) is 5.92 Å². The van der Waals surface area contributed by atoms with Gasteiger partial charge in [0, 0.05) is 32.3 Å². The minimum atomic E-state index is 0.0526. The first-order valence-corrected chi connectivity index (χ1v) is 7.63. The quantitative estimate of drug-likeness (QED) is 0.754. The fraction of sp³-hybridized carbons (Fsp3) is 0.647. The summed E-state index contributed by atoms with van der Waals surface area (Å²) >= 11 is 0. The maximum atomic E-state index is 6.52. The van der Waals surface area contributed by atoms with Crippen LogP contribution in [0.1, 0.15) is 38.8 Å². The Morgan fingerprint density at radius 2 is 1.85 bits per heavy atom. The number of ether oxygens (including phenoxy) is 1. The second-order valence-electron chi connectivity index (χ2n) is 5.79. The van der Waals surface area contributed by atoms with Crippen LogP contribution in [0.3, 0.4) is 0 Å². The predicted octanol–water partition coefficient (Wildman–Crippen LogP) is 3.07. The molecule has 0 aliphatic carbocycles. The van der Waals surface area contributed by atoms with Gasteiger partial charge < -0.3 is 10.5 Å². The summed E-state index contributed by atoms with van der Waals surface area (Å²) in [6.07, 6.45) is 1.05. The first-order valence-electron chi connectivity index (χ1n) is 7.63. The van der Waals surface area contributed by atoms with E-state index in [4.69, 9.17) is 10.5 Å². The van der Waals surface area contributed by atoms with E-state index in [1.54, 1.807) is 7.11 Å². The van der Waals surface area contributed by atoms with Gasteiger partial charge in [-0.25, -0.2) is 0 Å². The number of nitrogens with two attached hydrogens (primary N) is 1. The lowest BCUT2D eigenvalue weighted by Gasteiger charge is -2.36. The van der Waals surface area contributed by atoms with E-state index in [1.807, 2.05) is 6.07 Å². The first-order chi connectivity index (χ1) is 9.60. The van der Waals surface area contributed by atoms with Crippen LogP contribution in [-0.2, 0) is 4.74 Å². The number of methoxy groups -OCH3 is 1. The van der Waals surface area contributed by atoms with Gasteiger partial charge in [-0.2, -0.15) is 0 Å². The molecule has 0 aromatic heterocycles. The summed E-state index contributed by atoms with van der Waals surface area (Å²) in [5.41, 5.74) is 7.73. The minimum Gasteiger partial charge on any atom is -0.383 e. The van der Waals surface area contributed by atoms with Crippen LogP contribution in [0.15, 0.2) is 30.3 Å². The Bertz CT molecular complexity index is 353. The molecule has 2 N–H and O–H groups in total. The molecular weight excluding hydrogens is 248 g/mol. The molecule has 0 bridgehead atoms. The minimum absolute atomic E-state index is 0.0526. The predicted molar refractivity (Wildman–Crippen MR) is 85.7 cm³/mol. The Morgan fingerprint density at radius 1 is 1.20 bits per heavy atom. The van der Waals surface area contributed by atoms with Gasteiger partial charge >= 0.3 is 0 Å². The van der Waals surface area contributed by atoms with Gasteiger partial charge in [0.05, 0.1) is 6.61 Å². The standard InChI is InChI=1S/C17H30N2O/c1-5-16(17(18)15-9-7-6-8-10-15)19(11-12-20-4)13-14(2)3/h6-10,14,16-17H,5,11-13,18H2,1-4H3. The molecule has 2 unspecified atom stereocenters. The van der Waals surface area contributed by atoms with Crippen LogP contribution in [0.25, 0.3) is 0 Å². The van der Waals surface area contributed by atoms with Crippen molar-refractivity contribution in [2.45, 2.75) is 39.3 Å². The molecule has 0 spiro atoms. The van der Waals surface area contributed by atoms with E-state index < -0.39 is 0 Å². The summed E-state index contributed by atoms with van der Waals surface area (Å²) in [7, 11) is 1.76. The van der Waals surface area contributed by atoms with Crippen LogP contribution in [0.2, 0.25) is 0 Å². The normalized spacial score (nSPS) is 14.8. The Hall–Kier alpha value is -0.900. The second-order valence-corrected chi connectivity index (χ2v) is 5.79. The highest BCUT2D eigenvalue weighted by Crippen LogP contribution is 2.22. The third-order valence-corrected chi connectivity index (χ3v) is 3.67. The van der Waals surface area contributed by atoms with Crippen LogP contribution < -0.4 is 5.73 Å². The Morgan fingerprint density at radius 3 is 2.35 bits per heavy atom. The van der Waals surface area contributed by atoms with Crippen LogP contribution >= 0.6 is 0 Å². The van der Waals surface area contributed by atoms with Gasteiger partial charge in [-0.05, 0) is 17.9 Å². The largest absolute Gasteiger partial charge is 0.383 e. The molecule has 114 valence electrons. The van der Waals surface area contributed by atoms with E-state index in [1.165, 1.54) is 5.56 Å².